The fraction of sp³-hybridized carbons (Fsp3) is 0.924. The lowest BCUT2D eigenvalue weighted by Crippen LogP contribution is -2.62. The van der Waals surface area contributed by atoms with E-state index in [4.69, 9.17) is 113 Å². The maximum absolute atomic E-state index is 13.8. The molecular weight excluding hydrogens is 1770 g/mol. The van der Waals surface area contributed by atoms with Crippen LogP contribution in [0.1, 0.15) is 115 Å². The van der Waals surface area contributed by atoms with E-state index < -0.39 is 268 Å². The third-order valence-corrected chi connectivity index (χ3v) is 24.9. The van der Waals surface area contributed by atoms with Gasteiger partial charge in [0, 0.05) is 58.0 Å². The van der Waals surface area contributed by atoms with Crippen molar-refractivity contribution in [1.82, 2.24) is 19.5 Å². The highest BCUT2D eigenvalue weighted by Gasteiger charge is 2.48. The van der Waals surface area contributed by atoms with Gasteiger partial charge < -0.3 is 149 Å². The van der Waals surface area contributed by atoms with Gasteiger partial charge in [-0.1, -0.05) is 45.4 Å². The zero-order valence-corrected chi connectivity index (χ0v) is 73.6. The Morgan fingerprint density at radius 1 is 0.459 bits per heavy atom. The van der Waals surface area contributed by atoms with Crippen LogP contribution in [0.5, 0.6) is 0 Å². The van der Waals surface area contributed by atoms with E-state index in [1.54, 1.807) is 13.8 Å². The van der Waals surface area contributed by atoms with Crippen LogP contribution in [-0.4, -0.2) is 357 Å². The number of unbranched alkanes of at least 4 members (excludes halogenated alkanes) is 9. The molecule has 26 atom stereocenters. The minimum atomic E-state index is -5.28. The molecule has 6 heterocycles. The zero-order chi connectivity index (χ0) is 89.7. The molecule has 0 aliphatic carbocycles. The number of aromatic nitrogens is 4. The Kier molecular flexibility index (Phi) is 49.2. The molecular formula is C66H126N6O44P6. The van der Waals surface area contributed by atoms with E-state index in [0.29, 0.717) is 87.5 Å². The van der Waals surface area contributed by atoms with E-state index in [9.17, 15) is 108 Å². The van der Waals surface area contributed by atoms with Gasteiger partial charge in [-0.15, -0.1) is 0 Å². The van der Waals surface area contributed by atoms with Crippen molar-refractivity contribution >= 4 is 57.9 Å². The van der Waals surface area contributed by atoms with Crippen molar-refractivity contribution in [3.63, 3.8) is 0 Å². The molecule has 2 aromatic rings. The van der Waals surface area contributed by atoms with Crippen LogP contribution < -0.4 is 11.5 Å². The Bertz CT molecular complexity index is 3470. The number of rotatable bonds is 67. The van der Waals surface area contributed by atoms with E-state index in [1.807, 2.05) is 0 Å². The van der Waals surface area contributed by atoms with Crippen molar-refractivity contribution in [1.29, 1.82) is 0 Å². The molecule has 4 fully saturated rings. The number of ether oxygens (including phenoxy) is 11. The van der Waals surface area contributed by atoms with Crippen LogP contribution in [0.15, 0.2) is 12.7 Å². The molecule has 2 aromatic heterocycles. The maximum atomic E-state index is 13.8. The summed E-state index contributed by atoms with van der Waals surface area (Å²) in [5.74, 6) is -1.76. The number of hydrogen-bond acceptors (Lipinski definition) is 43. The average molecular weight is 1890 g/mol. The quantitative estimate of drug-likeness (QED) is 0.0235. The first-order valence-electron chi connectivity index (χ1n) is 39.8. The standard InChI is InChI=1S/C66H126N6O44P6/c1-44-56(77)57(78)48(30-74)113-63(44)99-20-10-4-7-13-23-102-118(85,86)105-26-16-18-95-36-66(38-98-43-110-120(89,90)104-25-15-9-6-12-22-101-65-54(68)61(82)59(80)50(32-76)115-65,37-96-19-17-27-106-119(87,88)103-24-14-8-5-11-21-100-64-53(67)60(81)58(79)49(31-75)114-64)39-109-121(91,92)108-34-46(29-73)33-97-42-111-122(93,94)116-47-28-52(112-51(47)35-107-117(3,83)84)72-41-71-55-45(2)69-40-70-62(55)72/h40-41,44,46-54,56-61,63-65,73-82H,4-39,42-43,67-68H2,1-3H3,(H,83,84)(H,85,86)(H,87,88)(H,89,90)(H,91,92)(H,93,94)/t44-,46?,47-,48?,49?,50?,51+,52+,53-,54-,56?,57-,58-,59-,60?,61?,63+,64+,65+,66?/m0/s1. The van der Waals surface area contributed by atoms with E-state index in [2.05, 4.69) is 15.0 Å². The third kappa shape index (κ3) is 39.0. The molecule has 0 radical (unpaired) electrons. The molecule has 4 aliphatic rings. The number of nitrogens with two attached hydrogens (primary N) is 2. The van der Waals surface area contributed by atoms with Gasteiger partial charge in [-0.3, -0.25) is 54.4 Å². The van der Waals surface area contributed by atoms with Crippen molar-refractivity contribution in [2.24, 2.45) is 28.7 Å². The average Bonchev–Trinajstić information content (AvgIpc) is 1.42. The Hall–Kier alpha value is -1.67. The molecule has 6 rings (SSSR count). The molecule has 14 unspecified atom stereocenters. The highest BCUT2D eigenvalue weighted by atomic mass is 31.2. The van der Waals surface area contributed by atoms with E-state index in [-0.39, 0.29) is 78.5 Å². The number of hydrogen-bond donors (Lipinski definition) is 18. The lowest BCUT2D eigenvalue weighted by Gasteiger charge is -2.40. The summed E-state index contributed by atoms with van der Waals surface area (Å²) in [7, 11) is -28.6. The van der Waals surface area contributed by atoms with Crippen LogP contribution in [0.4, 0.5) is 0 Å². The fourth-order valence-corrected chi connectivity index (χ4v) is 16.8. The van der Waals surface area contributed by atoms with Gasteiger partial charge in [0.15, 0.2) is 38.1 Å². The minimum absolute atomic E-state index is 0.0988. The first-order chi connectivity index (χ1) is 57.8. The number of aliphatic hydroxyl groups excluding tert-OH is 10. The molecule has 122 heavy (non-hydrogen) atoms. The molecule has 714 valence electrons. The fourth-order valence-electron chi connectivity index (χ4n) is 12.4. The Morgan fingerprint density at radius 3 is 1.37 bits per heavy atom. The van der Waals surface area contributed by atoms with Crippen molar-refractivity contribution in [2.75, 3.05) is 159 Å². The minimum Gasteiger partial charge on any atom is -0.396 e. The summed E-state index contributed by atoms with van der Waals surface area (Å²) in [6.07, 6.45) is -10.1. The number of fused-ring (bicyclic) bond motifs is 1. The summed E-state index contributed by atoms with van der Waals surface area (Å²) in [4.78, 5) is 76.2. The van der Waals surface area contributed by atoms with Crippen molar-refractivity contribution in [3.8, 4) is 0 Å². The summed E-state index contributed by atoms with van der Waals surface area (Å²) in [6.45, 7) is -6.50. The normalized spacial score (nSPS) is 29.8. The second-order valence-electron chi connectivity index (χ2n) is 29.5. The molecule has 0 amide bonds. The highest BCUT2D eigenvalue weighted by Crippen LogP contribution is 2.51. The predicted octanol–water partition coefficient (Wildman–Crippen LogP) is -0.0142. The van der Waals surface area contributed by atoms with Gasteiger partial charge in [-0.05, 0) is 58.3 Å². The number of nitrogens with zero attached hydrogens (tertiary/aromatic N) is 4. The molecule has 50 nitrogen and oxygen atoms in total. The molecule has 20 N–H and O–H groups in total. The third-order valence-electron chi connectivity index (χ3n) is 19.4. The van der Waals surface area contributed by atoms with Crippen molar-refractivity contribution < 1.29 is 210 Å². The molecule has 0 spiro atoms. The Morgan fingerprint density at radius 2 is 0.885 bits per heavy atom. The van der Waals surface area contributed by atoms with Crippen LogP contribution in [0, 0.1) is 24.2 Å². The number of aryl methyl sites for hydroxylation is 1. The van der Waals surface area contributed by atoms with Gasteiger partial charge in [0.25, 0.3) is 0 Å². The first kappa shape index (κ1) is 109. The largest absolute Gasteiger partial charge is 0.474 e. The van der Waals surface area contributed by atoms with Crippen LogP contribution in [-0.2, 0) is 129 Å². The molecule has 0 aromatic carbocycles. The second-order valence-corrected chi connectivity index (χ2v) is 38.6. The molecule has 0 bridgehead atoms. The van der Waals surface area contributed by atoms with Crippen molar-refractivity contribution in [2.45, 2.75) is 214 Å². The monoisotopic (exact) mass is 1890 g/mol. The van der Waals surface area contributed by atoms with Gasteiger partial charge in [0.05, 0.1) is 141 Å². The SMILES string of the molecule is Cc1ncnc2c1ncn2[C@H]1C[C@H](OP(=O)(O)OCOCC(CO)COP(=O)(O)OCC(COCCCOP(=O)(O)OCCCCCCO[C@@H]2OC(CO)[C@H](O)C(O)[C@@H]2C)(COCCCOP(=O)(O)OCCCCCCO[C@@H]2OC(CO)[C@H](O)C(O)[C@@H]2N)COCOP(=O)(O)OCCCCCCO[C@@H]2OC(CO)[C@H](O)C(O)[C@@H]2N)[C@@H](COP(C)(=O)O)O1. The van der Waals surface area contributed by atoms with E-state index in [1.165, 1.54) is 17.2 Å². The first-order valence-corrected chi connectivity index (χ1v) is 49.3. The maximum Gasteiger partial charge on any atom is 0.474 e. The number of aliphatic hydroxyl groups is 10. The summed E-state index contributed by atoms with van der Waals surface area (Å²) < 4.78 is 199. The van der Waals surface area contributed by atoms with Gasteiger partial charge in [-0.25, -0.2) is 37.8 Å². The van der Waals surface area contributed by atoms with Gasteiger partial charge >= 0.3 is 46.7 Å². The summed E-state index contributed by atoms with van der Waals surface area (Å²) >= 11 is 0. The molecule has 4 aliphatic heterocycles. The van der Waals surface area contributed by atoms with Crippen LogP contribution in [0.2, 0.25) is 0 Å². The second kappa shape index (κ2) is 55.0. The van der Waals surface area contributed by atoms with E-state index >= 15 is 0 Å². The van der Waals surface area contributed by atoms with Crippen LogP contribution >= 0.6 is 46.7 Å². The summed E-state index contributed by atoms with van der Waals surface area (Å²) in [5.41, 5.74) is 11.4. The van der Waals surface area contributed by atoms with Crippen molar-refractivity contribution in [3.05, 3.63) is 18.3 Å². The Balaban J connectivity index is 1.04. The number of phosphoric acid groups is 5. The zero-order valence-electron chi connectivity index (χ0n) is 68.2. The predicted molar refractivity (Wildman–Crippen MR) is 415 cm³/mol. The molecule has 0 saturated carbocycles. The smallest absolute Gasteiger partial charge is 0.396 e. The summed E-state index contributed by atoms with van der Waals surface area (Å²) in [6, 6.07) is -2.18. The van der Waals surface area contributed by atoms with Gasteiger partial charge in [0.1, 0.15) is 79.1 Å². The van der Waals surface area contributed by atoms with E-state index in [0.717, 1.165) is 6.66 Å². The Labute approximate surface area is 705 Å². The highest BCUT2D eigenvalue weighted by molar-refractivity contribution is 7.52. The van der Waals surface area contributed by atoms with Gasteiger partial charge in [-0.2, -0.15) is 0 Å². The van der Waals surface area contributed by atoms with Gasteiger partial charge in [0.2, 0.25) is 0 Å². The lowest BCUT2D eigenvalue weighted by atomic mass is 9.92. The number of imidazole rings is 1. The van der Waals surface area contributed by atoms with Crippen LogP contribution in [0.25, 0.3) is 11.2 Å². The van der Waals surface area contributed by atoms with Crippen LogP contribution in [0.3, 0.4) is 0 Å². The number of phosphoric ester groups is 5. The topological polar surface area (TPSA) is 725 Å². The lowest BCUT2D eigenvalue weighted by molar-refractivity contribution is -0.282. The molecule has 56 heteroatoms. The molecule has 4 saturated heterocycles. The summed E-state index contributed by atoms with van der Waals surface area (Å²) in [5, 5.41) is 99.7.